The first-order chi connectivity index (χ1) is 8.74. The van der Waals surface area contributed by atoms with Crippen LogP contribution in [-0.4, -0.2) is 16.1 Å². The molecule has 1 aliphatic carbocycles. The van der Waals surface area contributed by atoms with Crippen LogP contribution in [0, 0.1) is 0 Å². The topological polar surface area (TPSA) is 83.8 Å². The predicted octanol–water partition coefficient (Wildman–Crippen LogP) is 1.73. The van der Waals surface area contributed by atoms with Gasteiger partial charge >= 0.3 is 0 Å². The zero-order valence-corrected chi connectivity index (χ0v) is 9.86. The highest BCUT2D eigenvalue weighted by Crippen LogP contribution is 2.25. The van der Waals surface area contributed by atoms with Crippen molar-refractivity contribution in [2.45, 2.75) is 19.3 Å². The first kappa shape index (κ1) is 10.8. The Morgan fingerprint density at radius 2 is 2.17 bits per heavy atom. The number of nitrogen functional groups attached to an aromatic ring is 1. The van der Waals surface area contributed by atoms with Crippen molar-refractivity contribution in [2.75, 3.05) is 11.1 Å². The number of carbonyl (C=O) groups excluding carboxylic acids is 1. The molecule has 2 aromatic rings. The van der Waals surface area contributed by atoms with Gasteiger partial charge < -0.3 is 11.1 Å². The minimum absolute atomic E-state index is 0.261. The van der Waals surface area contributed by atoms with E-state index < -0.39 is 0 Å². The highest BCUT2D eigenvalue weighted by molar-refractivity contribution is 6.06. The van der Waals surface area contributed by atoms with Crippen molar-refractivity contribution in [1.29, 1.82) is 0 Å². The maximum atomic E-state index is 11.9. The molecular formula is C13H14N4O. The Morgan fingerprint density at radius 3 is 2.94 bits per heavy atom. The smallest absolute Gasteiger partial charge is 0.275 e. The summed E-state index contributed by atoms with van der Waals surface area (Å²) < 4.78 is 0. The number of rotatable bonds is 2. The lowest BCUT2D eigenvalue weighted by Crippen LogP contribution is -2.14. The summed E-state index contributed by atoms with van der Waals surface area (Å²) in [6.45, 7) is 0. The summed E-state index contributed by atoms with van der Waals surface area (Å²) in [6, 6.07) is 6.04. The van der Waals surface area contributed by atoms with Crippen molar-refractivity contribution >= 4 is 17.3 Å². The van der Waals surface area contributed by atoms with E-state index in [1.165, 1.54) is 23.7 Å². The number of H-pyrrole nitrogens is 1. The van der Waals surface area contributed by atoms with E-state index in [4.69, 9.17) is 5.73 Å². The summed E-state index contributed by atoms with van der Waals surface area (Å²) >= 11 is 0. The van der Waals surface area contributed by atoms with Gasteiger partial charge in [-0.05, 0) is 42.5 Å². The lowest BCUT2D eigenvalue weighted by molar-refractivity contribution is 0.102. The number of amides is 1. The van der Waals surface area contributed by atoms with Gasteiger partial charge in [0.15, 0.2) is 0 Å². The second-order valence-electron chi connectivity index (χ2n) is 4.49. The van der Waals surface area contributed by atoms with Crippen molar-refractivity contribution in [3.8, 4) is 0 Å². The molecule has 5 heteroatoms. The monoisotopic (exact) mass is 242 g/mol. The van der Waals surface area contributed by atoms with Crippen LogP contribution in [0.25, 0.3) is 0 Å². The predicted molar refractivity (Wildman–Crippen MR) is 69.4 cm³/mol. The van der Waals surface area contributed by atoms with Gasteiger partial charge in [-0.25, -0.2) is 0 Å². The molecule has 92 valence electrons. The molecule has 3 rings (SSSR count). The van der Waals surface area contributed by atoms with Crippen molar-refractivity contribution in [1.82, 2.24) is 10.2 Å². The number of anilines is 2. The maximum absolute atomic E-state index is 11.9. The van der Waals surface area contributed by atoms with E-state index in [1.807, 2.05) is 12.1 Å². The molecule has 0 spiro atoms. The lowest BCUT2D eigenvalue weighted by Gasteiger charge is -2.06. The van der Waals surface area contributed by atoms with Gasteiger partial charge in [-0.15, -0.1) is 0 Å². The highest BCUT2D eigenvalue weighted by atomic mass is 16.1. The molecule has 0 saturated heterocycles. The molecule has 0 unspecified atom stereocenters. The largest absolute Gasteiger partial charge is 0.396 e. The molecule has 0 radical (unpaired) electrons. The van der Waals surface area contributed by atoms with Gasteiger partial charge in [-0.2, -0.15) is 5.10 Å². The van der Waals surface area contributed by atoms with E-state index in [9.17, 15) is 4.79 Å². The molecule has 1 amide bonds. The fraction of sp³-hybridized carbons (Fsp3) is 0.231. The van der Waals surface area contributed by atoms with E-state index in [0.717, 1.165) is 18.5 Å². The summed E-state index contributed by atoms with van der Waals surface area (Å²) in [7, 11) is 0. The molecule has 5 nitrogen and oxygen atoms in total. The Balaban J connectivity index is 1.81. The van der Waals surface area contributed by atoms with Crippen LogP contribution in [0.5, 0.6) is 0 Å². The molecule has 0 fully saturated rings. The number of hydrogen-bond acceptors (Lipinski definition) is 3. The lowest BCUT2D eigenvalue weighted by atomic mass is 10.1. The van der Waals surface area contributed by atoms with E-state index in [1.54, 1.807) is 0 Å². The van der Waals surface area contributed by atoms with Gasteiger partial charge in [0, 0.05) is 5.69 Å². The standard InChI is InChI=1S/C13H14N4O/c14-11-7-15-17-12(11)13(18)16-10-5-4-8-2-1-3-9(8)6-10/h4-7H,1-3,14H2,(H,15,17)(H,16,18). The molecule has 0 saturated carbocycles. The molecular weight excluding hydrogens is 228 g/mol. The number of nitrogens with two attached hydrogens (primary N) is 1. The average molecular weight is 242 g/mol. The number of nitrogens with one attached hydrogen (secondary N) is 2. The number of hydrogen-bond donors (Lipinski definition) is 3. The summed E-state index contributed by atoms with van der Waals surface area (Å²) in [6.07, 6.45) is 4.85. The Kier molecular flexibility index (Phi) is 2.51. The molecule has 1 aliphatic rings. The third kappa shape index (κ3) is 1.84. The van der Waals surface area contributed by atoms with Crippen LogP contribution in [-0.2, 0) is 12.8 Å². The van der Waals surface area contributed by atoms with Crippen LogP contribution in [0.1, 0.15) is 28.0 Å². The number of aromatic nitrogens is 2. The zero-order valence-electron chi connectivity index (χ0n) is 9.86. The number of carbonyl (C=O) groups is 1. The summed E-state index contributed by atoms with van der Waals surface area (Å²) in [5.74, 6) is -0.261. The summed E-state index contributed by atoms with van der Waals surface area (Å²) in [5, 5.41) is 9.15. The molecule has 1 aromatic carbocycles. The number of nitrogens with zero attached hydrogens (tertiary/aromatic N) is 1. The van der Waals surface area contributed by atoms with Crippen LogP contribution in [0.3, 0.4) is 0 Å². The molecule has 0 atom stereocenters. The Labute approximate surface area is 104 Å². The quantitative estimate of drug-likeness (QED) is 0.749. The highest BCUT2D eigenvalue weighted by Gasteiger charge is 2.14. The second-order valence-corrected chi connectivity index (χ2v) is 4.49. The fourth-order valence-corrected chi connectivity index (χ4v) is 2.32. The van der Waals surface area contributed by atoms with E-state index in [0.29, 0.717) is 11.4 Å². The molecule has 18 heavy (non-hydrogen) atoms. The normalized spacial score (nSPS) is 13.3. The Hall–Kier alpha value is -2.30. The Bertz CT molecular complexity index is 603. The Morgan fingerprint density at radius 1 is 1.33 bits per heavy atom. The van der Waals surface area contributed by atoms with Crippen LogP contribution >= 0.6 is 0 Å². The zero-order chi connectivity index (χ0) is 12.5. The van der Waals surface area contributed by atoms with Gasteiger partial charge in [0.05, 0.1) is 11.9 Å². The second kappa shape index (κ2) is 4.18. The first-order valence-corrected chi connectivity index (χ1v) is 5.96. The van der Waals surface area contributed by atoms with Crippen LogP contribution < -0.4 is 11.1 Å². The van der Waals surface area contributed by atoms with Gasteiger partial charge in [0.25, 0.3) is 5.91 Å². The number of benzene rings is 1. The minimum Gasteiger partial charge on any atom is -0.396 e. The minimum atomic E-state index is -0.261. The SMILES string of the molecule is Nc1cn[nH]c1C(=O)Nc1ccc2c(c1)CCC2. The van der Waals surface area contributed by atoms with E-state index in [-0.39, 0.29) is 5.91 Å². The summed E-state index contributed by atoms with van der Waals surface area (Å²) in [5.41, 5.74) is 9.80. The number of fused-ring (bicyclic) bond motifs is 1. The molecule has 1 heterocycles. The first-order valence-electron chi connectivity index (χ1n) is 5.96. The third-order valence-corrected chi connectivity index (χ3v) is 3.25. The molecule has 1 aromatic heterocycles. The van der Waals surface area contributed by atoms with Crippen molar-refractivity contribution in [3.63, 3.8) is 0 Å². The molecule has 0 aliphatic heterocycles. The van der Waals surface area contributed by atoms with Crippen molar-refractivity contribution < 1.29 is 4.79 Å². The average Bonchev–Trinajstić information content (AvgIpc) is 2.96. The van der Waals surface area contributed by atoms with Gasteiger partial charge in [-0.3, -0.25) is 9.89 Å². The van der Waals surface area contributed by atoms with Crippen molar-refractivity contribution in [2.24, 2.45) is 0 Å². The van der Waals surface area contributed by atoms with Gasteiger partial charge in [-0.1, -0.05) is 6.07 Å². The van der Waals surface area contributed by atoms with Gasteiger partial charge in [0.1, 0.15) is 5.69 Å². The van der Waals surface area contributed by atoms with Crippen LogP contribution in [0.4, 0.5) is 11.4 Å². The summed E-state index contributed by atoms with van der Waals surface area (Å²) in [4.78, 5) is 11.9. The third-order valence-electron chi connectivity index (χ3n) is 3.25. The number of aryl methyl sites for hydroxylation is 2. The van der Waals surface area contributed by atoms with E-state index >= 15 is 0 Å². The van der Waals surface area contributed by atoms with Crippen molar-refractivity contribution in [3.05, 3.63) is 41.2 Å². The van der Waals surface area contributed by atoms with Crippen LogP contribution in [0.2, 0.25) is 0 Å². The van der Waals surface area contributed by atoms with Gasteiger partial charge in [0.2, 0.25) is 0 Å². The fourth-order valence-electron chi connectivity index (χ4n) is 2.32. The van der Waals surface area contributed by atoms with E-state index in [2.05, 4.69) is 21.6 Å². The number of aromatic amines is 1. The molecule has 0 bridgehead atoms. The van der Waals surface area contributed by atoms with Crippen LogP contribution in [0.15, 0.2) is 24.4 Å². The maximum Gasteiger partial charge on any atom is 0.275 e. The molecule has 4 N–H and O–H groups in total.